The first-order chi connectivity index (χ1) is 6.76. The lowest BCUT2D eigenvalue weighted by molar-refractivity contribution is 0.514. The number of hydrogen-bond donors (Lipinski definition) is 0. The van der Waals surface area contributed by atoms with Crippen molar-refractivity contribution in [2.45, 2.75) is 4.90 Å². The summed E-state index contributed by atoms with van der Waals surface area (Å²) in [5, 5.41) is 0. The molecule has 0 heterocycles. The van der Waals surface area contributed by atoms with Crippen LogP contribution in [0, 0.1) is 11.6 Å². The van der Waals surface area contributed by atoms with Crippen LogP contribution < -0.4 is 0 Å². The molecule has 0 aliphatic rings. The highest BCUT2D eigenvalue weighted by Gasteiger charge is 2.20. The van der Waals surface area contributed by atoms with E-state index in [1.165, 1.54) is 14.1 Å². The number of benzene rings is 1. The third kappa shape index (κ3) is 2.35. The van der Waals surface area contributed by atoms with Gasteiger partial charge in [0.2, 0.25) is 10.0 Å². The molecule has 1 rings (SSSR count). The molecule has 0 radical (unpaired) electrons. The Kier molecular flexibility index (Phi) is 3.47. The molecule has 0 atom stereocenters. The molecule has 0 N–H and O–H groups in total. The van der Waals surface area contributed by atoms with Gasteiger partial charge in [0, 0.05) is 14.1 Å². The first-order valence-electron chi connectivity index (χ1n) is 3.84. The first kappa shape index (κ1) is 12.5. The van der Waals surface area contributed by atoms with Crippen molar-refractivity contribution in [3.8, 4) is 0 Å². The van der Waals surface area contributed by atoms with E-state index in [0.29, 0.717) is 0 Å². The highest BCUT2D eigenvalue weighted by atomic mass is 79.9. The van der Waals surface area contributed by atoms with Gasteiger partial charge in [-0.15, -0.1) is 0 Å². The van der Waals surface area contributed by atoms with Gasteiger partial charge in [-0.3, -0.25) is 0 Å². The zero-order valence-corrected chi connectivity index (χ0v) is 10.4. The largest absolute Gasteiger partial charge is 0.242 e. The van der Waals surface area contributed by atoms with Crippen LogP contribution >= 0.6 is 15.9 Å². The van der Waals surface area contributed by atoms with Crippen LogP contribution in [0.3, 0.4) is 0 Å². The molecular formula is C8H8BrF2NO2S. The van der Waals surface area contributed by atoms with Crippen molar-refractivity contribution >= 4 is 26.0 Å². The smallest absolute Gasteiger partial charge is 0.207 e. The summed E-state index contributed by atoms with van der Waals surface area (Å²) in [7, 11) is -1.24. The Balaban J connectivity index is 3.42. The fourth-order valence-electron chi connectivity index (χ4n) is 0.892. The quantitative estimate of drug-likeness (QED) is 0.783. The van der Waals surface area contributed by atoms with Gasteiger partial charge in [-0.2, -0.15) is 0 Å². The van der Waals surface area contributed by atoms with Gasteiger partial charge >= 0.3 is 0 Å². The van der Waals surface area contributed by atoms with Crippen LogP contribution in [0.4, 0.5) is 8.78 Å². The van der Waals surface area contributed by atoms with Crippen molar-refractivity contribution in [1.29, 1.82) is 0 Å². The maximum Gasteiger partial charge on any atom is 0.242 e. The Bertz CT molecular complexity index is 464. The highest BCUT2D eigenvalue weighted by molar-refractivity contribution is 9.10. The van der Waals surface area contributed by atoms with Gasteiger partial charge in [0.05, 0.1) is 9.37 Å². The lowest BCUT2D eigenvalue weighted by atomic mass is 10.3. The lowest BCUT2D eigenvalue weighted by Gasteiger charge is -2.11. The summed E-state index contributed by atoms with van der Waals surface area (Å²) in [5.74, 6) is -1.90. The number of halogens is 3. The van der Waals surface area contributed by atoms with Crippen LogP contribution in [0.5, 0.6) is 0 Å². The van der Waals surface area contributed by atoms with E-state index in [0.717, 1.165) is 16.4 Å². The molecule has 1 aromatic carbocycles. The molecule has 1 aromatic rings. The number of rotatable bonds is 2. The Morgan fingerprint density at radius 2 is 1.60 bits per heavy atom. The van der Waals surface area contributed by atoms with Crippen molar-refractivity contribution in [2.75, 3.05) is 14.1 Å². The van der Waals surface area contributed by atoms with E-state index in [1.54, 1.807) is 0 Å². The molecule has 0 amide bonds. The monoisotopic (exact) mass is 299 g/mol. The van der Waals surface area contributed by atoms with Crippen LogP contribution in [0.1, 0.15) is 0 Å². The molecule has 0 saturated carbocycles. The van der Waals surface area contributed by atoms with Crippen LogP contribution in [0.15, 0.2) is 21.5 Å². The van der Waals surface area contributed by atoms with Gasteiger partial charge in [0.15, 0.2) is 0 Å². The molecule has 3 nitrogen and oxygen atoms in total. The molecule has 0 aliphatic carbocycles. The molecule has 0 unspecified atom stereocenters. The third-order valence-corrected chi connectivity index (χ3v) is 4.29. The summed E-state index contributed by atoms with van der Waals surface area (Å²) >= 11 is 2.66. The Morgan fingerprint density at radius 1 is 1.20 bits per heavy atom. The summed E-state index contributed by atoms with van der Waals surface area (Å²) in [6, 6.07) is 1.53. The second-order valence-electron chi connectivity index (χ2n) is 2.99. The minimum Gasteiger partial charge on any atom is -0.207 e. The van der Waals surface area contributed by atoms with Gasteiger partial charge in [-0.05, 0) is 28.1 Å². The SMILES string of the molecule is CN(C)S(=O)(=O)c1cc(F)c(Br)c(F)c1. The zero-order valence-electron chi connectivity index (χ0n) is 7.96. The molecule has 0 spiro atoms. The minimum atomic E-state index is -3.81. The van der Waals surface area contributed by atoms with Crippen LogP contribution in [0.2, 0.25) is 0 Å². The predicted octanol–water partition coefficient (Wildman–Crippen LogP) is 1.98. The minimum absolute atomic E-state index is 0.375. The maximum absolute atomic E-state index is 13.1. The van der Waals surface area contributed by atoms with Crippen molar-refractivity contribution < 1.29 is 17.2 Å². The Hall–Kier alpha value is -0.530. The summed E-state index contributed by atoms with van der Waals surface area (Å²) in [6.45, 7) is 0. The van der Waals surface area contributed by atoms with Gasteiger partial charge < -0.3 is 0 Å². The molecule has 7 heteroatoms. The summed E-state index contributed by atoms with van der Waals surface area (Å²) < 4.78 is 49.7. The van der Waals surface area contributed by atoms with Crippen LogP contribution in [-0.4, -0.2) is 26.8 Å². The molecule has 84 valence electrons. The maximum atomic E-state index is 13.1. The van der Waals surface area contributed by atoms with Gasteiger partial charge in [-0.25, -0.2) is 21.5 Å². The topological polar surface area (TPSA) is 37.4 Å². The van der Waals surface area contributed by atoms with E-state index in [9.17, 15) is 17.2 Å². The molecule has 0 aromatic heterocycles. The van der Waals surface area contributed by atoms with Gasteiger partial charge in [0.1, 0.15) is 11.6 Å². The molecule has 0 fully saturated rings. The molecule has 0 aliphatic heterocycles. The normalized spacial score (nSPS) is 12.1. The third-order valence-electron chi connectivity index (χ3n) is 1.74. The summed E-state index contributed by atoms with van der Waals surface area (Å²) in [5.41, 5.74) is 0. The Morgan fingerprint density at radius 3 is 1.93 bits per heavy atom. The number of sulfonamides is 1. The van der Waals surface area contributed by atoms with Crippen molar-refractivity contribution in [1.82, 2.24) is 4.31 Å². The van der Waals surface area contributed by atoms with Crippen molar-refractivity contribution in [3.63, 3.8) is 0 Å². The Labute approximate surface area is 94.9 Å². The van der Waals surface area contributed by atoms with E-state index in [1.807, 2.05) is 0 Å². The highest BCUT2D eigenvalue weighted by Crippen LogP contribution is 2.24. The average Bonchev–Trinajstić information content (AvgIpc) is 2.13. The standard InChI is InChI=1S/C8H8BrF2NO2S/c1-12(2)15(13,14)5-3-6(10)8(9)7(11)4-5/h3-4H,1-2H3. The van der Waals surface area contributed by atoms with E-state index in [-0.39, 0.29) is 4.47 Å². The average molecular weight is 300 g/mol. The fourth-order valence-corrected chi connectivity index (χ4v) is 2.05. The van der Waals surface area contributed by atoms with E-state index >= 15 is 0 Å². The fraction of sp³-hybridized carbons (Fsp3) is 0.250. The molecule has 0 bridgehead atoms. The first-order valence-corrected chi connectivity index (χ1v) is 6.07. The van der Waals surface area contributed by atoms with Crippen molar-refractivity contribution in [3.05, 3.63) is 28.2 Å². The zero-order chi connectivity index (χ0) is 11.8. The summed E-state index contributed by atoms with van der Waals surface area (Å²) in [4.78, 5) is -0.411. The summed E-state index contributed by atoms with van der Waals surface area (Å²) in [6.07, 6.45) is 0. The lowest BCUT2D eigenvalue weighted by Crippen LogP contribution is -2.22. The van der Waals surface area contributed by atoms with Crippen LogP contribution in [-0.2, 0) is 10.0 Å². The molecule has 15 heavy (non-hydrogen) atoms. The van der Waals surface area contributed by atoms with Gasteiger partial charge in [-0.1, -0.05) is 0 Å². The second-order valence-corrected chi connectivity index (χ2v) is 5.93. The van der Waals surface area contributed by atoms with Crippen molar-refractivity contribution in [2.24, 2.45) is 0 Å². The molecule has 0 saturated heterocycles. The molecular weight excluding hydrogens is 292 g/mol. The van der Waals surface area contributed by atoms with E-state index in [4.69, 9.17) is 0 Å². The predicted molar refractivity (Wildman–Crippen MR) is 54.9 cm³/mol. The number of nitrogens with zero attached hydrogens (tertiary/aromatic N) is 1. The van der Waals surface area contributed by atoms with Gasteiger partial charge in [0.25, 0.3) is 0 Å². The van der Waals surface area contributed by atoms with E-state index < -0.39 is 26.6 Å². The second kappa shape index (κ2) is 4.15. The van der Waals surface area contributed by atoms with E-state index in [2.05, 4.69) is 15.9 Å². The van der Waals surface area contributed by atoms with Crippen LogP contribution in [0.25, 0.3) is 0 Å². The number of hydrogen-bond acceptors (Lipinski definition) is 2.